The van der Waals surface area contributed by atoms with E-state index in [1.165, 1.54) is 12.8 Å². The summed E-state index contributed by atoms with van der Waals surface area (Å²) in [6.45, 7) is 2.63. The molecule has 0 unspecified atom stereocenters. The maximum absolute atomic E-state index is 12.3. The third-order valence-electron chi connectivity index (χ3n) is 4.59. The molecular formula is C20H25N3O3. The van der Waals surface area contributed by atoms with E-state index in [-0.39, 0.29) is 5.91 Å². The zero-order chi connectivity index (χ0) is 18.4. The van der Waals surface area contributed by atoms with Crippen LogP contribution >= 0.6 is 0 Å². The van der Waals surface area contributed by atoms with E-state index in [1.54, 1.807) is 20.4 Å². The monoisotopic (exact) mass is 355 g/mol. The van der Waals surface area contributed by atoms with Crippen molar-refractivity contribution in [3.8, 4) is 11.5 Å². The number of benzene rings is 1. The van der Waals surface area contributed by atoms with Crippen molar-refractivity contribution in [3.63, 3.8) is 0 Å². The van der Waals surface area contributed by atoms with Gasteiger partial charge in [-0.2, -0.15) is 0 Å². The zero-order valence-corrected chi connectivity index (χ0v) is 15.3. The van der Waals surface area contributed by atoms with Gasteiger partial charge in [-0.15, -0.1) is 0 Å². The molecule has 6 nitrogen and oxygen atoms in total. The summed E-state index contributed by atoms with van der Waals surface area (Å²) in [4.78, 5) is 19.0. The molecule has 1 aromatic carbocycles. The normalized spacial score (nSPS) is 13.5. The number of nitrogens with one attached hydrogen (secondary N) is 1. The summed E-state index contributed by atoms with van der Waals surface area (Å²) in [6.07, 6.45) is 4.78. The van der Waals surface area contributed by atoms with Gasteiger partial charge in [-0.3, -0.25) is 4.79 Å². The molecule has 0 aliphatic carbocycles. The first-order chi connectivity index (χ1) is 12.7. The smallest absolute Gasteiger partial charge is 0.252 e. The van der Waals surface area contributed by atoms with Crippen LogP contribution in [-0.4, -0.2) is 44.7 Å². The van der Waals surface area contributed by atoms with Gasteiger partial charge in [0.05, 0.1) is 19.8 Å². The molecule has 1 fully saturated rings. The molecule has 138 valence electrons. The van der Waals surface area contributed by atoms with Crippen molar-refractivity contribution in [2.45, 2.75) is 19.3 Å². The van der Waals surface area contributed by atoms with Crippen LogP contribution in [0.15, 0.2) is 36.5 Å². The van der Waals surface area contributed by atoms with Crippen molar-refractivity contribution in [2.75, 3.05) is 38.8 Å². The zero-order valence-electron chi connectivity index (χ0n) is 15.3. The van der Waals surface area contributed by atoms with Crippen LogP contribution in [-0.2, 0) is 6.42 Å². The predicted molar refractivity (Wildman–Crippen MR) is 101 cm³/mol. The van der Waals surface area contributed by atoms with Gasteiger partial charge in [0, 0.05) is 25.8 Å². The molecular weight excluding hydrogens is 330 g/mol. The Bertz CT molecular complexity index is 740. The molecule has 26 heavy (non-hydrogen) atoms. The standard InChI is InChI=1S/C20H25N3O3/c1-25-17-7-5-15(13-18(17)26-2)9-10-21-20(24)16-6-8-19(22-14-16)23-11-3-4-12-23/h5-8,13-14H,3-4,9-12H2,1-2H3,(H,21,24). The maximum Gasteiger partial charge on any atom is 0.252 e. The quantitative estimate of drug-likeness (QED) is 0.827. The summed E-state index contributed by atoms with van der Waals surface area (Å²) in [5.74, 6) is 2.23. The van der Waals surface area contributed by atoms with Gasteiger partial charge < -0.3 is 19.7 Å². The van der Waals surface area contributed by atoms with Crippen LogP contribution in [0.25, 0.3) is 0 Å². The number of amides is 1. The second-order valence-electron chi connectivity index (χ2n) is 6.29. The molecule has 1 aromatic heterocycles. The van der Waals surface area contributed by atoms with Crippen molar-refractivity contribution in [2.24, 2.45) is 0 Å². The van der Waals surface area contributed by atoms with Crippen LogP contribution in [0, 0.1) is 0 Å². The second-order valence-corrected chi connectivity index (χ2v) is 6.29. The van der Waals surface area contributed by atoms with Gasteiger partial charge in [0.25, 0.3) is 5.91 Å². The molecule has 0 bridgehead atoms. The summed E-state index contributed by atoms with van der Waals surface area (Å²) in [6, 6.07) is 9.54. The fraction of sp³-hybridized carbons (Fsp3) is 0.400. The van der Waals surface area contributed by atoms with E-state index in [0.29, 0.717) is 30.0 Å². The number of carbonyl (C=O) groups excluding carboxylic acids is 1. The maximum atomic E-state index is 12.3. The number of anilines is 1. The largest absolute Gasteiger partial charge is 0.493 e. The Balaban J connectivity index is 1.52. The Morgan fingerprint density at radius 1 is 1.12 bits per heavy atom. The van der Waals surface area contributed by atoms with E-state index < -0.39 is 0 Å². The van der Waals surface area contributed by atoms with E-state index in [1.807, 2.05) is 30.3 Å². The van der Waals surface area contributed by atoms with Crippen LogP contribution in [0.2, 0.25) is 0 Å². The Morgan fingerprint density at radius 3 is 2.54 bits per heavy atom. The Morgan fingerprint density at radius 2 is 1.88 bits per heavy atom. The number of hydrogen-bond acceptors (Lipinski definition) is 5. The highest BCUT2D eigenvalue weighted by atomic mass is 16.5. The topological polar surface area (TPSA) is 63.7 Å². The van der Waals surface area contributed by atoms with Gasteiger partial charge in [0.1, 0.15) is 5.82 Å². The van der Waals surface area contributed by atoms with Crippen LogP contribution < -0.4 is 19.7 Å². The van der Waals surface area contributed by atoms with Gasteiger partial charge in [0.15, 0.2) is 11.5 Å². The molecule has 0 saturated carbocycles. The number of aromatic nitrogens is 1. The van der Waals surface area contributed by atoms with E-state index in [0.717, 1.165) is 24.5 Å². The van der Waals surface area contributed by atoms with Crippen molar-refractivity contribution < 1.29 is 14.3 Å². The molecule has 1 aliphatic rings. The highest BCUT2D eigenvalue weighted by Crippen LogP contribution is 2.27. The van der Waals surface area contributed by atoms with Crippen LogP contribution in [0.5, 0.6) is 11.5 Å². The summed E-state index contributed by atoms with van der Waals surface area (Å²) in [5.41, 5.74) is 1.66. The van der Waals surface area contributed by atoms with Gasteiger partial charge in [-0.05, 0) is 49.1 Å². The molecule has 1 aliphatic heterocycles. The molecule has 0 atom stereocenters. The SMILES string of the molecule is COc1ccc(CCNC(=O)c2ccc(N3CCCC3)nc2)cc1OC. The number of pyridine rings is 1. The first-order valence-corrected chi connectivity index (χ1v) is 8.91. The first-order valence-electron chi connectivity index (χ1n) is 8.91. The Labute approximate surface area is 154 Å². The minimum absolute atomic E-state index is 0.106. The minimum atomic E-state index is -0.106. The third kappa shape index (κ3) is 4.25. The third-order valence-corrected chi connectivity index (χ3v) is 4.59. The number of ether oxygens (including phenoxy) is 2. The van der Waals surface area contributed by atoms with Gasteiger partial charge >= 0.3 is 0 Å². The number of rotatable bonds is 7. The lowest BCUT2D eigenvalue weighted by molar-refractivity contribution is 0.0954. The number of hydrogen-bond donors (Lipinski definition) is 1. The molecule has 3 rings (SSSR count). The molecule has 1 N–H and O–H groups in total. The summed E-state index contributed by atoms with van der Waals surface area (Å²) in [7, 11) is 3.23. The highest BCUT2D eigenvalue weighted by molar-refractivity contribution is 5.94. The van der Waals surface area contributed by atoms with Gasteiger partial charge in [0.2, 0.25) is 0 Å². The van der Waals surface area contributed by atoms with E-state index in [4.69, 9.17) is 9.47 Å². The number of methoxy groups -OCH3 is 2. The lowest BCUT2D eigenvalue weighted by Crippen LogP contribution is -2.26. The highest BCUT2D eigenvalue weighted by Gasteiger charge is 2.14. The Kier molecular flexibility index (Phi) is 5.94. The number of carbonyl (C=O) groups is 1. The lowest BCUT2D eigenvalue weighted by Gasteiger charge is -2.16. The fourth-order valence-electron chi connectivity index (χ4n) is 3.11. The van der Waals surface area contributed by atoms with Crippen molar-refractivity contribution in [1.82, 2.24) is 10.3 Å². The number of nitrogens with zero attached hydrogens (tertiary/aromatic N) is 2. The summed E-state index contributed by atoms with van der Waals surface area (Å²) in [5, 5.41) is 2.94. The van der Waals surface area contributed by atoms with Crippen molar-refractivity contribution >= 4 is 11.7 Å². The lowest BCUT2D eigenvalue weighted by atomic mass is 10.1. The van der Waals surface area contributed by atoms with E-state index in [9.17, 15) is 4.79 Å². The van der Waals surface area contributed by atoms with Crippen LogP contribution in [0.3, 0.4) is 0 Å². The van der Waals surface area contributed by atoms with Crippen molar-refractivity contribution in [3.05, 3.63) is 47.7 Å². The molecule has 0 radical (unpaired) electrons. The minimum Gasteiger partial charge on any atom is -0.493 e. The molecule has 1 amide bonds. The molecule has 1 saturated heterocycles. The average molecular weight is 355 g/mol. The van der Waals surface area contributed by atoms with E-state index in [2.05, 4.69) is 15.2 Å². The Hall–Kier alpha value is -2.76. The van der Waals surface area contributed by atoms with E-state index >= 15 is 0 Å². The van der Waals surface area contributed by atoms with Crippen LogP contribution in [0.1, 0.15) is 28.8 Å². The second kappa shape index (κ2) is 8.56. The van der Waals surface area contributed by atoms with Crippen LogP contribution in [0.4, 0.5) is 5.82 Å². The molecule has 2 aromatic rings. The van der Waals surface area contributed by atoms with Crippen molar-refractivity contribution in [1.29, 1.82) is 0 Å². The molecule has 6 heteroatoms. The average Bonchev–Trinajstić information content (AvgIpc) is 3.22. The predicted octanol–water partition coefficient (Wildman–Crippen LogP) is 2.67. The first kappa shape index (κ1) is 18.0. The fourth-order valence-corrected chi connectivity index (χ4v) is 3.11. The summed E-state index contributed by atoms with van der Waals surface area (Å²) < 4.78 is 10.5. The summed E-state index contributed by atoms with van der Waals surface area (Å²) >= 11 is 0. The molecule has 0 spiro atoms. The van der Waals surface area contributed by atoms with Gasteiger partial charge in [-0.25, -0.2) is 4.98 Å². The van der Waals surface area contributed by atoms with Gasteiger partial charge in [-0.1, -0.05) is 6.07 Å². The molecule has 2 heterocycles.